The van der Waals surface area contributed by atoms with E-state index in [4.69, 9.17) is 0 Å². The molecule has 1 rings (SSSR count). The Morgan fingerprint density at radius 3 is 2.40 bits per heavy atom. The summed E-state index contributed by atoms with van der Waals surface area (Å²) in [6.45, 7) is 3.07. The normalized spacial score (nSPS) is 12.3. The maximum absolute atomic E-state index is 13.2. The molecule has 1 unspecified atom stereocenters. The number of carbonyl (C=O) groups excluding carboxylic acids is 1. The van der Waals surface area contributed by atoms with Gasteiger partial charge < -0.3 is 5.32 Å². The molecule has 0 aliphatic carbocycles. The summed E-state index contributed by atoms with van der Waals surface area (Å²) in [7, 11) is 0. The molecule has 2 nitrogen and oxygen atoms in total. The van der Waals surface area contributed by atoms with Crippen LogP contribution in [0.5, 0.6) is 0 Å². The molecule has 0 aliphatic heterocycles. The van der Waals surface area contributed by atoms with Crippen molar-refractivity contribution in [1.29, 1.82) is 0 Å². The van der Waals surface area contributed by atoms with E-state index >= 15 is 0 Å². The first-order chi connectivity index (χ1) is 7.00. The highest BCUT2D eigenvalue weighted by Crippen LogP contribution is 2.13. The van der Waals surface area contributed by atoms with E-state index in [1.807, 2.05) is 0 Å². The van der Waals surface area contributed by atoms with E-state index in [1.54, 1.807) is 6.92 Å². The van der Waals surface area contributed by atoms with Gasteiger partial charge in [0.1, 0.15) is 11.6 Å². The topological polar surface area (TPSA) is 29.1 Å². The monoisotopic (exact) mass is 213 g/mol. The third kappa shape index (κ3) is 3.31. The molecule has 1 N–H and O–H groups in total. The van der Waals surface area contributed by atoms with Crippen LogP contribution in [-0.2, 0) is 11.2 Å². The standard InChI is InChI=1S/C11H13F2NO/c1-7(14-8(2)15)6-9-10(12)4-3-5-11(9)13/h3-5,7H,6H2,1-2H3,(H,14,15). The number of nitrogens with one attached hydrogen (secondary N) is 1. The van der Waals surface area contributed by atoms with Gasteiger partial charge in [-0.2, -0.15) is 0 Å². The van der Waals surface area contributed by atoms with Gasteiger partial charge in [0.15, 0.2) is 0 Å². The molecular formula is C11H13F2NO. The molecule has 1 atom stereocenters. The van der Waals surface area contributed by atoms with E-state index in [-0.39, 0.29) is 23.9 Å². The summed E-state index contributed by atoms with van der Waals surface area (Å²) in [6, 6.07) is 3.45. The molecule has 0 aromatic heterocycles. The number of amides is 1. The lowest BCUT2D eigenvalue weighted by molar-refractivity contribution is -0.119. The fourth-order valence-electron chi connectivity index (χ4n) is 1.43. The van der Waals surface area contributed by atoms with Crippen molar-refractivity contribution in [3.8, 4) is 0 Å². The SMILES string of the molecule is CC(=O)NC(C)Cc1c(F)cccc1F. The van der Waals surface area contributed by atoms with Crippen molar-refractivity contribution in [3.63, 3.8) is 0 Å². The van der Waals surface area contributed by atoms with E-state index in [0.717, 1.165) is 0 Å². The van der Waals surface area contributed by atoms with Gasteiger partial charge in [0.25, 0.3) is 0 Å². The van der Waals surface area contributed by atoms with Gasteiger partial charge in [-0.15, -0.1) is 0 Å². The first kappa shape index (κ1) is 11.6. The maximum atomic E-state index is 13.2. The molecular weight excluding hydrogens is 200 g/mol. The zero-order valence-electron chi connectivity index (χ0n) is 8.68. The minimum Gasteiger partial charge on any atom is -0.354 e. The van der Waals surface area contributed by atoms with Crippen LogP contribution in [0.15, 0.2) is 18.2 Å². The number of hydrogen-bond acceptors (Lipinski definition) is 1. The van der Waals surface area contributed by atoms with Gasteiger partial charge in [-0.25, -0.2) is 8.78 Å². The number of hydrogen-bond donors (Lipinski definition) is 1. The van der Waals surface area contributed by atoms with Crippen LogP contribution >= 0.6 is 0 Å². The first-order valence-corrected chi connectivity index (χ1v) is 4.70. The van der Waals surface area contributed by atoms with E-state index in [1.165, 1.54) is 25.1 Å². The van der Waals surface area contributed by atoms with Crippen LogP contribution in [0.3, 0.4) is 0 Å². The average Bonchev–Trinajstić information content (AvgIpc) is 2.10. The highest BCUT2D eigenvalue weighted by atomic mass is 19.1. The first-order valence-electron chi connectivity index (χ1n) is 4.70. The number of benzene rings is 1. The fourth-order valence-corrected chi connectivity index (χ4v) is 1.43. The second-order valence-corrected chi connectivity index (χ2v) is 3.51. The highest BCUT2D eigenvalue weighted by molar-refractivity contribution is 5.73. The molecule has 4 heteroatoms. The summed E-state index contributed by atoms with van der Waals surface area (Å²) in [5.41, 5.74) is 0.0127. The Morgan fingerprint density at radius 1 is 1.40 bits per heavy atom. The van der Waals surface area contributed by atoms with Crippen LogP contribution < -0.4 is 5.32 Å². The summed E-state index contributed by atoms with van der Waals surface area (Å²) < 4.78 is 26.4. The summed E-state index contributed by atoms with van der Waals surface area (Å²) >= 11 is 0. The van der Waals surface area contributed by atoms with Gasteiger partial charge in [0.2, 0.25) is 5.91 Å². The number of halogens is 2. The molecule has 0 saturated carbocycles. The molecule has 0 bridgehead atoms. The molecule has 0 aliphatic rings. The van der Waals surface area contributed by atoms with Crippen LogP contribution in [0.2, 0.25) is 0 Å². The van der Waals surface area contributed by atoms with Crippen molar-refractivity contribution in [2.45, 2.75) is 26.3 Å². The Morgan fingerprint density at radius 2 is 1.93 bits per heavy atom. The van der Waals surface area contributed by atoms with Crippen molar-refractivity contribution in [3.05, 3.63) is 35.4 Å². The average molecular weight is 213 g/mol. The molecule has 0 radical (unpaired) electrons. The van der Waals surface area contributed by atoms with Gasteiger partial charge >= 0.3 is 0 Å². The summed E-state index contributed by atoms with van der Waals surface area (Å²) in [5, 5.41) is 2.57. The molecule has 0 heterocycles. The van der Waals surface area contributed by atoms with Crippen molar-refractivity contribution >= 4 is 5.91 Å². The Balaban J connectivity index is 2.76. The van der Waals surface area contributed by atoms with Crippen LogP contribution in [0, 0.1) is 11.6 Å². The van der Waals surface area contributed by atoms with Crippen molar-refractivity contribution < 1.29 is 13.6 Å². The summed E-state index contributed by atoms with van der Waals surface area (Å²) in [6.07, 6.45) is 0.151. The Kier molecular flexibility index (Phi) is 3.77. The van der Waals surface area contributed by atoms with Crippen molar-refractivity contribution in [2.24, 2.45) is 0 Å². The molecule has 15 heavy (non-hydrogen) atoms. The lowest BCUT2D eigenvalue weighted by Crippen LogP contribution is -2.32. The zero-order valence-corrected chi connectivity index (χ0v) is 8.68. The van der Waals surface area contributed by atoms with Gasteiger partial charge in [-0.1, -0.05) is 6.07 Å². The Hall–Kier alpha value is -1.45. The van der Waals surface area contributed by atoms with E-state index in [2.05, 4.69) is 5.32 Å². The van der Waals surface area contributed by atoms with E-state index in [0.29, 0.717) is 0 Å². The third-order valence-electron chi connectivity index (χ3n) is 2.02. The molecule has 82 valence electrons. The molecule has 0 fully saturated rings. The summed E-state index contributed by atoms with van der Waals surface area (Å²) in [4.78, 5) is 10.7. The van der Waals surface area contributed by atoms with Gasteiger partial charge in [0, 0.05) is 18.5 Å². The highest BCUT2D eigenvalue weighted by Gasteiger charge is 2.12. The molecule has 1 amide bonds. The Labute approximate surface area is 87.3 Å². The lowest BCUT2D eigenvalue weighted by atomic mass is 10.1. The number of rotatable bonds is 3. The predicted molar refractivity (Wildman–Crippen MR) is 53.3 cm³/mol. The molecule has 1 aromatic rings. The van der Waals surface area contributed by atoms with Crippen LogP contribution in [-0.4, -0.2) is 11.9 Å². The van der Waals surface area contributed by atoms with Crippen LogP contribution in [0.4, 0.5) is 8.78 Å². The van der Waals surface area contributed by atoms with Crippen LogP contribution in [0.1, 0.15) is 19.4 Å². The van der Waals surface area contributed by atoms with E-state index in [9.17, 15) is 13.6 Å². The largest absolute Gasteiger partial charge is 0.354 e. The quantitative estimate of drug-likeness (QED) is 0.817. The second-order valence-electron chi connectivity index (χ2n) is 3.51. The van der Waals surface area contributed by atoms with E-state index < -0.39 is 11.6 Å². The van der Waals surface area contributed by atoms with Gasteiger partial charge in [0.05, 0.1) is 0 Å². The fraction of sp³-hybridized carbons (Fsp3) is 0.364. The van der Waals surface area contributed by atoms with Gasteiger partial charge in [-0.05, 0) is 25.5 Å². The van der Waals surface area contributed by atoms with Crippen LogP contribution in [0.25, 0.3) is 0 Å². The minimum absolute atomic E-state index is 0.0127. The molecule has 0 saturated heterocycles. The lowest BCUT2D eigenvalue weighted by Gasteiger charge is -2.13. The smallest absolute Gasteiger partial charge is 0.217 e. The number of carbonyl (C=O) groups is 1. The molecule has 0 spiro atoms. The summed E-state index contributed by atoms with van der Waals surface area (Å²) in [5.74, 6) is -1.36. The van der Waals surface area contributed by atoms with Gasteiger partial charge in [-0.3, -0.25) is 4.79 Å². The minimum atomic E-state index is -0.577. The molecule has 1 aromatic carbocycles. The Bertz CT molecular complexity index is 345. The zero-order chi connectivity index (χ0) is 11.4. The predicted octanol–water partition coefficient (Wildman–Crippen LogP) is 2.03. The van der Waals surface area contributed by atoms with Crippen molar-refractivity contribution in [2.75, 3.05) is 0 Å². The second kappa shape index (κ2) is 4.87. The van der Waals surface area contributed by atoms with Crippen molar-refractivity contribution in [1.82, 2.24) is 5.32 Å². The third-order valence-corrected chi connectivity index (χ3v) is 2.02. The maximum Gasteiger partial charge on any atom is 0.217 e.